The zero-order chi connectivity index (χ0) is 18.0. The van der Waals surface area contributed by atoms with E-state index in [-0.39, 0.29) is 48.6 Å². The Morgan fingerprint density at radius 2 is 1.89 bits per heavy atom. The summed E-state index contributed by atoms with van der Waals surface area (Å²) >= 11 is 0. The predicted octanol–water partition coefficient (Wildman–Crippen LogP) is 1.75. The van der Waals surface area contributed by atoms with Crippen molar-refractivity contribution in [2.45, 2.75) is 58.0 Å². The summed E-state index contributed by atoms with van der Waals surface area (Å²) < 4.78 is 0. The topological polar surface area (TPSA) is 69.9 Å². The molecule has 27 heavy (non-hydrogen) atoms. The molecule has 6 nitrogen and oxygen atoms in total. The highest BCUT2D eigenvalue weighted by Crippen LogP contribution is 2.26. The fraction of sp³-hybridized carbons (Fsp3) is 0.895. The minimum absolute atomic E-state index is 0. The number of carbonyl (C=O) groups is 2. The van der Waals surface area contributed by atoms with E-state index in [1.807, 2.05) is 16.7 Å². The highest BCUT2D eigenvalue weighted by Gasteiger charge is 2.39. The van der Waals surface area contributed by atoms with Crippen LogP contribution in [0.15, 0.2) is 0 Å². The van der Waals surface area contributed by atoms with Crippen LogP contribution in [0.1, 0.15) is 46.0 Å². The molecule has 0 radical (unpaired) electrons. The lowest BCUT2D eigenvalue weighted by molar-refractivity contribution is -0.137. The molecule has 158 valence electrons. The monoisotopic (exact) mass is 422 g/mol. The van der Waals surface area contributed by atoms with Crippen molar-refractivity contribution in [3.8, 4) is 0 Å². The third-order valence-electron chi connectivity index (χ3n) is 6.41. The summed E-state index contributed by atoms with van der Waals surface area (Å²) in [6.07, 6.45) is 4.90. The number of rotatable bonds is 5. The standard InChI is InChI=1S/C19H34N4O2.2ClH/c1-3-21-8-5-7-17(21)13-23-12-16(10-18(23)24)19(25)22-9-4-6-15(11-22)14(2)20;;/h14-17H,3-13,20H2,1-2H3;2*1H. The van der Waals surface area contributed by atoms with Gasteiger partial charge in [-0.2, -0.15) is 0 Å². The Morgan fingerprint density at radius 3 is 2.56 bits per heavy atom. The van der Waals surface area contributed by atoms with E-state index in [1.165, 1.54) is 12.8 Å². The molecule has 8 heteroatoms. The molecule has 4 unspecified atom stereocenters. The van der Waals surface area contributed by atoms with E-state index < -0.39 is 0 Å². The fourth-order valence-electron chi connectivity index (χ4n) is 4.78. The maximum Gasteiger partial charge on any atom is 0.228 e. The van der Waals surface area contributed by atoms with E-state index in [1.54, 1.807) is 0 Å². The lowest BCUT2D eigenvalue weighted by Gasteiger charge is -2.36. The number of hydrogen-bond acceptors (Lipinski definition) is 4. The Morgan fingerprint density at radius 1 is 1.19 bits per heavy atom. The van der Waals surface area contributed by atoms with Crippen molar-refractivity contribution >= 4 is 36.6 Å². The lowest BCUT2D eigenvalue weighted by atomic mass is 9.91. The first-order valence-electron chi connectivity index (χ1n) is 10.1. The van der Waals surface area contributed by atoms with Crippen molar-refractivity contribution in [2.75, 3.05) is 39.3 Å². The molecule has 2 N–H and O–H groups in total. The zero-order valence-electron chi connectivity index (χ0n) is 16.6. The van der Waals surface area contributed by atoms with E-state index >= 15 is 0 Å². The van der Waals surface area contributed by atoms with Crippen molar-refractivity contribution in [2.24, 2.45) is 17.6 Å². The van der Waals surface area contributed by atoms with Crippen molar-refractivity contribution in [1.82, 2.24) is 14.7 Å². The maximum atomic E-state index is 12.9. The Hall–Kier alpha value is -0.560. The van der Waals surface area contributed by atoms with Crippen molar-refractivity contribution in [3.63, 3.8) is 0 Å². The second-order valence-electron chi connectivity index (χ2n) is 8.17. The molecule has 0 saturated carbocycles. The summed E-state index contributed by atoms with van der Waals surface area (Å²) in [6, 6.07) is 0.597. The molecule has 3 heterocycles. The van der Waals surface area contributed by atoms with Gasteiger partial charge in [-0.05, 0) is 51.6 Å². The minimum atomic E-state index is -0.157. The smallest absolute Gasteiger partial charge is 0.228 e. The number of likely N-dealkylation sites (tertiary alicyclic amines) is 3. The van der Waals surface area contributed by atoms with Gasteiger partial charge in [0.1, 0.15) is 0 Å². The molecule has 2 amide bonds. The first-order chi connectivity index (χ1) is 12.0. The molecular formula is C19H36Cl2N4O2. The van der Waals surface area contributed by atoms with Crippen molar-refractivity contribution in [3.05, 3.63) is 0 Å². The minimum Gasteiger partial charge on any atom is -0.342 e. The first kappa shape index (κ1) is 24.5. The molecule has 0 spiro atoms. The van der Waals surface area contributed by atoms with Crippen LogP contribution in [-0.2, 0) is 9.59 Å². The lowest BCUT2D eigenvalue weighted by Crippen LogP contribution is -2.47. The van der Waals surface area contributed by atoms with Gasteiger partial charge in [-0.25, -0.2) is 0 Å². The fourth-order valence-corrected chi connectivity index (χ4v) is 4.78. The Kier molecular flexibility index (Phi) is 9.83. The van der Waals surface area contributed by atoms with Crippen LogP contribution in [0.2, 0.25) is 0 Å². The summed E-state index contributed by atoms with van der Waals surface area (Å²) in [7, 11) is 0. The Labute approximate surface area is 176 Å². The van der Waals surface area contributed by atoms with Gasteiger partial charge in [0.2, 0.25) is 11.8 Å². The third-order valence-corrected chi connectivity index (χ3v) is 6.41. The van der Waals surface area contributed by atoms with Crippen LogP contribution in [0, 0.1) is 11.8 Å². The van der Waals surface area contributed by atoms with E-state index in [4.69, 9.17) is 5.73 Å². The number of hydrogen-bond donors (Lipinski definition) is 1. The van der Waals surface area contributed by atoms with Gasteiger partial charge in [-0.1, -0.05) is 6.92 Å². The highest BCUT2D eigenvalue weighted by atomic mass is 35.5. The number of nitrogens with zero attached hydrogens (tertiary/aromatic N) is 3. The summed E-state index contributed by atoms with van der Waals surface area (Å²) in [4.78, 5) is 31.7. The SMILES string of the molecule is CCN1CCCC1CN1CC(C(=O)N2CCCC(C(C)N)C2)CC1=O.Cl.Cl. The molecule has 0 aliphatic carbocycles. The van der Waals surface area contributed by atoms with Gasteiger partial charge in [0.25, 0.3) is 0 Å². The third kappa shape index (κ3) is 5.72. The average Bonchev–Trinajstić information content (AvgIpc) is 3.21. The molecule has 3 aliphatic heterocycles. The largest absolute Gasteiger partial charge is 0.342 e. The van der Waals surface area contributed by atoms with Gasteiger partial charge in [0.05, 0.1) is 5.92 Å². The van der Waals surface area contributed by atoms with Crippen LogP contribution in [0.3, 0.4) is 0 Å². The molecule has 0 bridgehead atoms. The van der Waals surface area contributed by atoms with E-state index in [9.17, 15) is 9.59 Å². The van der Waals surface area contributed by atoms with Gasteiger partial charge in [0, 0.05) is 44.7 Å². The molecule has 0 aromatic heterocycles. The molecule has 0 aromatic rings. The average molecular weight is 423 g/mol. The van der Waals surface area contributed by atoms with Crippen LogP contribution in [0.5, 0.6) is 0 Å². The number of amides is 2. The maximum absolute atomic E-state index is 12.9. The van der Waals surface area contributed by atoms with Crippen LogP contribution in [0.4, 0.5) is 0 Å². The number of halogens is 2. The van der Waals surface area contributed by atoms with Gasteiger partial charge < -0.3 is 15.5 Å². The van der Waals surface area contributed by atoms with Gasteiger partial charge >= 0.3 is 0 Å². The molecule has 3 fully saturated rings. The summed E-state index contributed by atoms with van der Waals surface area (Å²) in [5, 5.41) is 0. The summed E-state index contributed by atoms with van der Waals surface area (Å²) in [6.45, 7) is 9.36. The predicted molar refractivity (Wildman–Crippen MR) is 112 cm³/mol. The van der Waals surface area contributed by atoms with Crippen molar-refractivity contribution < 1.29 is 9.59 Å². The molecule has 3 saturated heterocycles. The van der Waals surface area contributed by atoms with Crippen LogP contribution >= 0.6 is 24.8 Å². The number of nitrogens with two attached hydrogens (primary N) is 1. The summed E-state index contributed by atoms with van der Waals surface area (Å²) in [5.41, 5.74) is 6.04. The van der Waals surface area contributed by atoms with E-state index in [2.05, 4.69) is 11.8 Å². The number of carbonyl (C=O) groups excluding carboxylic acids is 2. The van der Waals surface area contributed by atoms with Gasteiger partial charge in [-0.3, -0.25) is 14.5 Å². The van der Waals surface area contributed by atoms with Crippen LogP contribution in [-0.4, -0.2) is 77.9 Å². The normalized spacial score (nSPS) is 30.0. The first-order valence-corrected chi connectivity index (χ1v) is 10.1. The number of piperidine rings is 1. The van der Waals surface area contributed by atoms with Gasteiger partial charge in [-0.15, -0.1) is 24.8 Å². The Balaban J connectivity index is 0.00000182. The van der Waals surface area contributed by atoms with Crippen LogP contribution < -0.4 is 5.73 Å². The van der Waals surface area contributed by atoms with Crippen LogP contribution in [0.25, 0.3) is 0 Å². The number of likely N-dealkylation sites (N-methyl/N-ethyl adjacent to an activating group) is 1. The van der Waals surface area contributed by atoms with E-state index in [0.29, 0.717) is 24.9 Å². The summed E-state index contributed by atoms with van der Waals surface area (Å²) in [5.74, 6) is 0.556. The van der Waals surface area contributed by atoms with Crippen molar-refractivity contribution in [1.29, 1.82) is 0 Å². The zero-order valence-corrected chi connectivity index (χ0v) is 18.3. The molecule has 3 rings (SSSR count). The highest BCUT2D eigenvalue weighted by molar-refractivity contribution is 5.89. The quantitative estimate of drug-likeness (QED) is 0.732. The van der Waals surface area contributed by atoms with E-state index in [0.717, 1.165) is 45.6 Å². The Bertz CT molecular complexity index is 506. The second-order valence-corrected chi connectivity index (χ2v) is 8.17. The second kappa shape index (κ2) is 10.8. The molecule has 0 aromatic carbocycles. The van der Waals surface area contributed by atoms with Gasteiger partial charge in [0.15, 0.2) is 0 Å². The molecule has 3 aliphatic rings. The molecular weight excluding hydrogens is 387 g/mol. The molecule has 4 atom stereocenters.